The predicted molar refractivity (Wildman–Crippen MR) is 297 cm³/mol. The second kappa shape index (κ2) is 18.6. The number of pyridine rings is 1. The summed E-state index contributed by atoms with van der Waals surface area (Å²) in [5.74, 6) is 2.05. The molecule has 0 radical (unpaired) electrons. The number of anilines is 4. The Balaban J connectivity index is 0.00000640. The monoisotopic (exact) mass is 1130 g/mol. The fourth-order valence-corrected chi connectivity index (χ4v) is 9.97. The number of fused-ring (bicyclic) bond motifs is 4. The maximum Gasteiger partial charge on any atom is 0.135 e. The van der Waals surface area contributed by atoms with Crippen LogP contribution in [0.1, 0.15) is 129 Å². The van der Waals surface area contributed by atoms with Crippen LogP contribution in [0.3, 0.4) is 0 Å². The summed E-state index contributed by atoms with van der Waals surface area (Å²) in [6, 6.07) is 64.6. The molecule has 72 heavy (non-hydrogen) atoms. The minimum absolute atomic E-state index is 0. The van der Waals surface area contributed by atoms with Crippen molar-refractivity contribution in [2.75, 3.05) is 9.80 Å². The molecule has 0 aliphatic carbocycles. The molecule has 1 aliphatic rings. The number of aromatic nitrogens is 2. The molecule has 2 aromatic heterocycles. The van der Waals surface area contributed by atoms with E-state index in [2.05, 4.69) is 275 Å². The van der Waals surface area contributed by atoms with E-state index in [1.807, 2.05) is 12.3 Å². The van der Waals surface area contributed by atoms with Gasteiger partial charge in [0, 0.05) is 72.2 Å². The van der Waals surface area contributed by atoms with Crippen LogP contribution in [0.25, 0.3) is 27.6 Å². The second-order valence-corrected chi connectivity index (χ2v) is 23.6. The molecule has 6 heteroatoms. The summed E-state index contributed by atoms with van der Waals surface area (Å²) in [6.45, 7) is 31.9. The summed E-state index contributed by atoms with van der Waals surface area (Å²) in [6.07, 6.45) is 1.94. The first-order chi connectivity index (χ1) is 33.6. The van der Waals surface area contributed by atoms with Crippen LogP contribution >= 0.6 is 0 Å². The van der Waals surface area contributed by atoms with Crippen molar-refractivity contribution in [1.29, 1.82) is 0 Å². The van der Waals surface area contributed by atoms with E-state index in [-0.39, 0.29) is 48.1 Å². The Hall–Kier alpha value is -6.42. The molecule has 7 aromatic carbocycles. The quantitative estimate of drug-likeness (QED) is 0.135. The van der Waals surface area contributed by atoms with Crippen LogP contribution in [-0.4, -0.2) is 9.55 Å². The zero-order valence-corrected chi connectivity index (χ0v) is 46.5. The standard InChI is InChI=1S/C66H67N4O.Pt/c1-62(2,3)48-34-49(63(4,5)6)36-51(35-48)68-43-69(58-27-21-20-26-57(58)68)52-37-50(64(7,8)9)38-54(41-52)71-53-29-31-56-55-30-28-46(65(10,11)44-22-16-14-17-23-44)39-59(55)70(60(56)42-53)61-40-47(32-33-67-61)66(12,13)45-24-18-15-19-25-45;/h14-40,43H,1-13H3;/q-3;. The first-order valence-electron chi connectivity index (χ1n) is 25.1. The number of rotatable bonds is 9. The van der Waals surface area contributed by atoms with E-state index in [0.29, 0.717) is 11.5 Å². The molecule has 0 bridgehead atoms. The third-order valence-corrected chi connectivity index (χ3v) is 14.8. The largest absolute Gasteiger partial charge is 0.509 e. The maximum atomic E-state index is 6.99. The van der Waals surface area contributed by atoms with Crippen molar-refractivity contribution in [2.24, 2.45) is 0 Å². The van der Waals surface area contributed by atoms with E-state index >= 15 is 0 Å². The minimum atomic E-state index is -0.266. The fraction of sp³-hybridized carbons (Fsp3) is 0.273. The predicted octanol–water partition coefficient (Wildman–Crippen LogP) is 17.5. The summed E-state index contributed by atoms with van der Waals surface area (Å²) in [5.41, 5.74) is 14.1. The van der Waals surface area contributed by atoms with Crippen LogP contribution in [0.2, 0.25) is 0 Å². The molecule has 1 aliphatic heterocycles. The third kappa shape index (κ3) is 9.42. The van der Waals surface area contributed by atoms with Crippen LogP contribution in [0, 0.1) is 18.8 Å². The summed E-state index contributed by atoms with van der Waals surface area (Å²) in [7, 11) is 0. The zero-order chi connectivity index (χ0) is 50.3. The molecular weight excluding hydrogens is 1060 g/mol. The van der Waals surface area contributed by atoms with Crippen molar-refractivity contribution < 1.29 is 25.8 Å². The van der Waals surface area contributed by atoms with Gasteiger partial charge in [-0.3, -0.25) is 0 Å². The Morgan fingerprint density at radius 3 is 1.56 bits per heavy atom. The minimum Gasteiger partial charge on any atom is -0.509 e. The molecule has 0 unspecified atom stereocenters. The Bertz CT molecular complexity index is 3410. The summed E-state index contributed by atoms with van der Waals surface area (Å²) >= 11 is 0. The summed E-state index contributed by atoms with van der Waals surface area (Å²) < 4.78 is 9.26. The smallest absolute Gasteiger partial charge is 0.135 e. The van der Waals surface area contributed by atoms with Gasteiger partial charge in [-0.05, 0) is 97.5 Å². The average molecular weight is 1130 g/mol. The van der Waals surface area contributed by atoms with E-state index in [1.54, 1.807) is 0 Å². The average Bonchev–Trinajstić information content (AvgIpc) is 3.89. The van der Waals surface area contributed by atoms with Crippen LogP contribution in [0.15, 0.2) is 164 Å². The molecule has 10 rings (SSSR count). The number of para-hydroxylation sites is 2. The number of ether oxygens (including phenoxy) is 1. The Morgan fingerprint density at radius 1 is 0.444 bits per heavy atom. The van der Waals surface area contributed by atoms with Crippen LogP contribution in [0.4, 0.5) is 22.7 Å². The fourth-order valence-electron chi connectivity index (χ4n) is 9.97. The van der Waals surface area contributed by atoms with Gasteiger partial charge < -0.3 is 19.1 Å². The van der Waals surface area contributed by atoms with Gasteiger partial charge in [0.2, 0.25) is 0 Å². The Labute approximate surface area is 443 Å². The van der Waals surface area contributed by atoms with Crippen molar-refractivity contribution in [3.8, 4) is 17.3 Å². The molecule has 0 N–H and O–H groups in total. The SMILES string of the molecule is CC(C)(C)c1cc(Oc2[c-]c3c(cc2)c2ccc(C(C)(C)c4ccccc4)cc2n3-c2cc(C(C)(C)c3ccccc3)ccn2)[c-]c(N2[CH-]N(c3cc(C(C)(C)C)cc(C(C)(C)C)c3)c3ccccc32)c1.[Pt]. The van der Waals surface area contributed by atoms with Gasteiger partial charge in [-0.1, -0.05) is 187 Å². The normalized spacial score (nSPS) is 13.4. The zero-order valence-electron chi connectivity index (χ0n) is 44.2. The molecule has 0 saturated carbocycles. The van der Waals surface area contributed by atoms with Gasteiger partial charge in [0.15, 0.2) is 0 Å². The molecule has 5 nitrogen and oxygen atoms in total. The number of hydrogen-bond acceptors (Lipinski definition) is 4. The van der Waals surface area contributed by atoms with Crippen LogP contribution < -0.4 is 14.5 Å². The van der Waals surface area contributed by atoms with E-state index in [1.165, 1.54) is 33.4 Å². The van der Waals surface area contributed by atoms with Crippen molar-refractivity contribution >= 4 is 44.6 Å². The van der Waals surface area contributed by atoms with Crippen molar-refractivity contribution in [1.82, 2.24) is 9.55 Å². The molecule has 3 heterocycles. The van der Waals surface area contributed by atoms with Crippen LogP contribution in [-0.2, 0) is 48.1 Å². The molecule has 0 spiro atoms. The Morgan fingerprint density at radius 2 is 0.972 bits per heavy atom. The van der Waals surface area contributed by atoms with Gasteiger partial charge in [-0.25, -0.2) is 4.98 Å². The molecule has 0 atom stereocenters. The molecular formula is C66H67N4OPt-3. The summed E-state index contributed by atoms with van der Waals surface area (Å²) in [4.78, 5) is 9.69. The molecule has 370 valence electrons. The van der Waals surface area contributed by atoms with Gasteiger partial charge in [-0.15, -0.1) is 53.6 Å². The van der Waals surface area contributed by atoms with E-state index in [9.17, 15) is 0 Å². The molecule has 0 fully saturated rings. The summed E-state index contributed by atoms with van der Waals surface area (Å²) in [5, 5.41) is 2.21. The second-order valence-electron chi connectivity index (χ2n) is 23.6. The van der Waals surface area contributed by atoms with Gasteiger partial charge in [0.05, 0.1) is 0 Å². The van der Waals surface area contributed by atoms with Crippen molar-refractivity contribution in [2.45, 2.75) is 117 Å². The molecule has 9 aromatic rings. The van der Waals surface area contributed by atoms with Gasteiger partial charge in [0.25, 0.3) is 0 Å². The molecule has 0 saturated heterocycles. The van der Waals surface area contributed by atoms with Crippen LogP contribution in [0.5, 0.6) is 11.5 Å². The third-order valence-electron chi connectivity index (χ3n) is 14.8. The van der Waals surface area contributed by atoms with Gasteiger partial charge in [-0.2, -0.15) is 6.07 Å². The molecule has 0 amide bonds. The number of nitrogens with zero attached hydrogens (tertiary/aromatic N) is 4. The first-order valence-corrected chi connectivity index (χ1v) is 25.1. The van der Waals surface area contributed by atoms with E-state index in [0.717, 1.165) is 55.9 Å². The number of benzene rings is 7. The van der Waals surface area contributed by atoms with Gasteiger partial charge >= 0.3 is 0 Å². The topological polar surface area (TPSA) is 33.5 Å². The van der Waals surface area contributed by atoms with Gasteiger partial charge in [0.1, 0.15) is 5.82 Å². The Kier molecular flexibility index (Phi) is 13.0. The van der Waals surface area contributed by atoms with Crippen molar-refractivity contribution in [3.05, 3.63) is 222 Å². The van der Waals surface area contributed by atoms with E-state index in [4.69, 9.17) is 9.72 Å². The number of hydrogen-bond donors (Lipinski definition) is 0. The first kappa shape index (κ1) is 50.5. The van der Waals surface area contributed by atoms with Crippen molar-refractivity contribution in [3.63, 3.8) is 0 Å². The maximum absolute atomic E-state index is 6.99. The van der Waals surface area contributed by atoms with E-state index < -0.39 is 0 Å².